The minimum absolute atomic E-state index is 0.0496. The summed E-state index contributed by atoms with van der Waals surface area (Å²) in [4.78, 5) is 16.9. The number of aromatic nitrogens is 1. The smallest absolute Gasteiger partial charge is 0.192 e. The van der Waals surface area contributed by atoms with Gasteiger partial charge in [-0.2, -0.15) is 0 Å². The van der Waals surface area contributed by atoms with Crippen molar-refractivity contribution in [3.05, 3.63) is 47.7 Å². The molecule has 108 valence electrons. The minimum atomic E-state index is -0.759. The van der Waals surface area contributed by atoms with E-state index in [2.05, 4.69) is 4.98 Å². The normalized spacial score (nSPS) is 22.1. The monoisotopic (exact) mass is 281 g/mol. The van der Waals surface area contributed by atoms with Crippen LogP contribution in [-0.4, -0.2) is 22.0 Å². The Kier molecular flexibility index (Phi) is 2.99. The van der Waals surface area contributed by atoms with Crippen LogP contribution in [0.4, 0.5) is 0 Å². The quantitative estimate of drug-likeness (QED) is 0.747. The van der Waals surface area contributed by atoms with Crippen LogP contribution in [0.3, 0.4) is 0 Å². The summed E-state index contributed by atoms with van der Waals surface area (Å²) in [6.45, 7) is 7.51. The van der Waals surface area contributed by atoms with E-state index in [-0.39, 0.29) is 5.78 Å². The third-order valence-electron chi connectivity index (χ3n) is 3.89. The molecule has 0 bridgehead atoms. The highest BCUT2D eigenvalue weighted by atomic mass is 16.5. The van der Waals surface area contributed by atoms with Crippen LogP contribution < -0.4 is 0 Å². The zero-order chi connectivity index (χ0) is 15.3. The maximum Gasteiger partial charge on any atom is 0.192 e. The Hall–Kier alpha value is -2.00. The molecule has 2 heterocycles. The second-order valence-electron chi connectivity index (χ2n) is 6.47. The first-order valence-electron chi connectivity index (χ1n) is 7.11. The van der Waals surface area contributed by atoms with Gasteiger partial charge in [0.15, 0.2) is 5.78 Å². The first-order chi connectivity index (χ1) is 9.79. The van der Waals surface area contributed by atoms with E-state index >= 15 is 0 Å². The van der Waals surface area contributed by atoms with Crippen LogP contribution in [0.15, 0.2) is 42.1 Å². The zero-order valence-electron chi connectivity index (χ0n) is 12.8. The lowest BCUT2D eigenvalue weighted by Crippen LogP contribution is -2.29. The molecule has 1 saturated heterocycles. The average molecular weight is 281 g/mol. The lowest BCUT2D eigenvalue weighted by molar-refractivity contribution is -0.132. The Labute approximate surface area is 124 Å². The van der Waals surface area contributed by atoms with Crippen LogP contribution in [0.25, 0.3) is 17.0 Å². The number of Topliss-reactive ketones (excluding diaryl/α,β-unsaturated/α-hetero) is 1. The van der Waals surface area contributed by atoms with Gasteiger partial charge in [0.1, 0.15) is 5.60 Å². The van der Waals surface area contributed by atoms with Gasteiger partial charge in [0.05, 0.1) is 11.1 Å². The highest BCUT2D eigenvalue weighted by Crippen LogP contribution is 2.39. The molecule has 3 nitrogen and oxygen atoms in total. The van der Waals surface area contributed by atoms with Crippen molar-refractivity contribution in [1.29, 1.82) is 0 Å². The van der Waals surface area contributed by atoms with Gasteiger partial charge in [-0.1, -0.05) is 18.2 Å². The molecule has 0 spiro atoms. The van der Waals surface area contributed by atoms with E-state index in [1.807, 2.05) is 64.1 Å². The second kappa shape index (κ2) is 4.50. The molecule has 1 aliphatic heterocycles. The van der Waals surface area contributed by atoms with Gasteiger partial charge < -0.3 is 4.74 Å². The van der Waals surface area contributed by atoms with Crippen LogP contribution >= 0.6 is 0 Å². The van der Waals surface area contributed by atoms with Gasteiger partial charge in [-0.25, -0.2) is 0 Å². The Balaban J connectivity index is 2.09. The van der Waals surface area contributed by atoms with E-state index in [9.17, 15) is 4.79 Å². The molecule has 2 aromatic rings. The summed E-state index contributed by atoms with van der Waals surface area (Å²) >= 11 is 0. The van der Waals surface area contributed by atoms with E-state index in [4.69, 9.17) is 4.74 Å². The van der Waals surface area contributed by atoms with E-state index in [0.717, 1.165) is 16.5 Å². The lowest BCUT2D eigenvalue weighted by atomic mass is 9.90. The van der Waals surface area contributed by atoms with Gasteiger partial charge in [-0.3, -0.25) is 9.78 Å². The molecule has 0 aliphatic carbocycles. The van der Waals surface area contributed by atoms with Crippen molar-refractivity contribution < 1.29 is 9.53 Å². The van der Waals surface area contributed by atoms with E-state index in [1.54, 1.807) is 6.20 Å². The highest BCUT2D eigenvalue weighted by Gasteiger charge is 2.49. The van der Waals surface area contributed by atoms with Crippen molar-refractivity contribution in [2.45, 2.75) is 38.9 Å². The highest BCUT2D eigenvalue weighted by molar-refractivity contribution is 6.08. The number of hydrogen-bond donors (Lipinski definition) is 0. The van der Waals surface area contributed by atoms with Gasteiger partial charge in [-0.05, 0) is 51.5 Å². The number of carbonyl (C=O) groups is 1. The molecule has 3 rings (SSSR count). The number of carbonyl (C=O) groups excluding carboxylic acids is 1. The maximum absolute atomic E-state index is 12.5. The third-order valence-corrected chi connectivity index (χ3v) is 3.89. The summed E-state index contributed by atoms with van der Waals surface area (Å²) in [5.41, 5.74) is 1.28. The molecule has 0 radical (unpaired) electrons. The first-order valence-corrected chi connectivity index (χ1v) is 7.11. The Morgan fingerprint density at radius 1 is 1.10 bits per heavy atom. The summed E-state index contributed by atoms with van der Waals surface area (Å²) in [6, 6.07) is 9.96. The van der Waals surface area contributed by atoms with Crippen LogP contribution in [0, 0.1) is 0 Å². The fourth-order valence-corrected chi connectivity index (χ4v) is 2.92. The van der Waals surface area contributed by atoms with Crippen molar-refractivity contribution in [1.82, 2.24) is 4.98 Å². The Morgan fingerprint density at radius 3 is 2.52 bits per heavy atom. The number of pyridine rings is 1. The van der Waals surface area contributed by atoms with Crippen LogP contribution in [0.1, 0.15) is 33.3 Å². The van der Waals surface area contributed by atoms with Crippen molar-refractivity contribution in [2.24, 2.45) is 0 Å². The molecule has 1 fully saturated rings. The van der Waals surface area contributed by atoms with Crippen molar-refractivity contribution in [3.8, 4) is 0 Å². The number of hydrogen-bond acceptors (Lipinski definition) is 3. The number of nitrogens with zero attached hydrogens (tertiary/aromatic N) is 1. The van der Waals surface area contributed by atoms with Gasteiger partial charge in [0, 0.05) is 17.2 Å². The largest absolute Gasteiger partial charge is 0.357 e. The average Bonchev–Trinajstić information content (AvgIpc) is 2.57. The standard InChI is InChI=1S/C18H19NO2/c1-17(2)14(16(20)18(3,4)21-17)10-12-7-8-13-6-5-9-19-15(13)11-12/h5-11H,1-4H3. The Bertz CT molecular complexity index is 757. The summed E-state index contributed by atoms with van der Waals surface area (Å²) in [7, 11) is 0. The molecule has 1 aliphatic rings. The molecule has 0 saturated carbocycles. The summed E-state index contributed by atoms with van der Waals surface area (Å²) < 4.78 is 5.89. The minimum Gasteiger partial charge on any atom is -0.357 e. The predicted octanol–water partition coefficient (Wildman–Crippen LogP) is 3.77. The lowest BCUT2D eigenvalue weighted by Gasteiger charge is -2.22. The van der Waals surface area contributed by atoms with Crippen LogP contribution in [-0.2, 0) is 9.53 Å². The first kappa shape index (κ1) is 14.0. The van der Waals surface area contributed by atoms with Gasteiger partial charge >= 0.3 is 0 Å². The number of benzene rings is 1. The fraction of sp³-hybridized carbons (Fsp3) is 0.333. The van der Waals surface area contributed by atoms with Crippen molar-refractivity contribution in [3.63, 3.8) is 0 Å². The number of ether oxygens (including phenoxy) is 1. The van der Waals surface area contributed by atoms with Crippen molar-refractivity contribution >= 4 is 22.8 Å². The van der Waals surface area contributed by atoms with Crippen LogP contribution in [0.5, 0.6) is 0 Å². The molecular weight excluding hydrogens is 262 g/mol. The van der Waals surface area contributed by atoms with E-state index < -0.39 is 11.2 Å². The van der Waals surface area contributed by atoms with E-state index in [1.165, 1.54) is 0 Å². The fourth-order valence-electron chi connectivity index (χ4n) is 2.92. The number of rotatable bonds is 1. The summed E-state index contributed by atoms with van der Waals surface area (Å²) in [6.07, 6.45) is 3.70. The SMILES string of the molecule is CC1(C)OC(C)(C)C(=Cc2ccc3cccnc3c2)C1=O. The summed E-state index contributed by atoms with van der Waals surface area (Å²) in [5, 5.41) is 1.09. The van der Waals surface area contributed by atoms with Gasteiger partial charge in [-0.15, -0.1) is 0 Å². The van der Waals surface area contributed by atoms with Gasteiger partial charge in [0.2, 0.25) is 0 Å². The maximum atomic E-state index is 12.5. The predicted molar refractivity (Wildman–Crippen MR) is 84.0 cm³/mol. The van der Waals surface area contributed by atoms with E-state index in [0.29, 0.717) is 5.57 Å². The molecule has 0 N–H and O–H groups in total. The Morgan fingerprint density at radius 2 is 1.86 bits per heavy atom. The molecule has 21 heavy (non-hydrogen) atoms. The second-order valence-corrected chi connectivity index (χ2v) is 6.47. The topological polar surface area (TPSA) is 39.2 Å². The third kappa shape index (κ3) is 2.38. The molecule has 0 amide bonds. The van der Waals surface area contributed by atoms with Crippen LogP contribution in [0.2, 0.25) is 0 Å². The molecule has 3 heteroatoms. The summed E-state index contributed by atoms with van der Waals surface area (Å²) in [5.74, 6) is 0.0496. The number of fused-ring (bicyclic) bond motifs is 1. The molecule has 1 aromatic heterocycles. The molecule has 0 atom stereocenters. The zero-order valence-corrected chi connectivity index (χ0v) is 12.8. The molecular formula is C18H19NO2. The molecule has 0 unspecified atom stereocenters. The number of ketones is 1. The van der Waals surface area contributed by atoms with Crippen molar-refractivity contribution in [2.75, 3.05) is 0 Å². The molecule has 1 aromatic carbocycles. The van der Waals surface area contributed by atoms with Gasteiger partial charge in [0.25, 0.3) is 0 Å².